The number of hydrogen-bond donors (Lipinski definition) is 1. The number of pyridine rings is 1. The van der Waals surface area contributed by atoms with E-state index in [0.29, 0.717) is 13.2 Å². The zero-order valence-electron chi connectivity index (χ0n) is 10.6. The van der Waals surface area contributed by atoms with Gasteiger partial charge in [-0.2, -0.15) is 0 Å². The Bertz CT molecular complexity index is 505. The van der Waals surface area contributed by atoms with Crippen LogP contribution in [0.1, 0.15) is 17.9 Å². The molecule has 1 aromatic heterocycles. The van der Waals surface area contributed by atoms with Gasteiger partial charge in [-0.15, -0.1) is 0 Å². The molecule has 0 aliphatic carbocycles. The molecule has 1 aromatic carbocycles. The fourth-order valence-electron chi connectivity index (χ4n) is 1.92. The summed E-state index contributed by atoms with van der Waals surface area (Å²) in [4.78, 5) is 4.09. The first-order valence-electron chi connectivity index (χ1n) is 6.28. The molecule has 0 spiro atoms. The third-order valence-electron chi connectivity index (χ3n) is 2.95. The van der Waals surface area contributed by atoms with E-state index in [9.17, 15) is 4.39 Å². The molecule has 0 saturated heterocycles. The van der Waals surface area contributed by atoms with Gasteiger partial charge in [-0.1, -0.05) is 18.2 Å². The van der Waals surface area contributed by atoms with Crippen molar-refractivity contribution in [2.75, 3.05) is 13.2 Å². The second-order valence-electron chi connectivity index (χ2n) is 4.30. The second-order valence-corrected chi connectivity index (χ2v) is 4.30. The predicted octanol–water partition coefficient (Wildman–Crippen LogP) is 2.73. The predicted molar refractivity (Wildman–Crippen MR) is 72.5 cm³/mol. The molecule has 0 amide bonds. The van der Waals surface area contributed by atoms with Crippen LogP contribution in [0.3, 0.4) is 0 Å². The van der Waals surface area contributed by atoms with E-state index >= 15 is 0 Å². The number of hydrogen-bond acceptors (Lipinski definition) is 3. The topological polar surface area (TPSA) is 48.1 Å². The summed E-state index contributed by atoms with van der Waals surface area (Å²) >= 11 is 0. The maximum absolute atomic E-state index is 13.5. The molecular formula is C15H17FN2O. The molecule has 4 heteroatoms. The molecule has 100 valence electrons. The molecule has 19 heavy (non-hydrogen) atoms. The zero-order chi connectivity index (χ0) is 13.5. The molecule has 0 radical (unpaired) electrons. The van der Waals surface area contributed by atoms with E-state index in [1.54, 1.807) is 30.6 Å². The summed E-state index contributed by atoms with van der Waals surface area (Å²) in [5, 5.41) is 0. The Morgan fingerprint density at radius 2 is 2.05 bits per heavy atom. The Labute approximate surface area is 112 Å². The summed E-state index contributed by atoms with van der Waals surface area (Å²) in [5.74, 6) is 0.0481. The van der Waals surface area contributed by atoms with Crippen LogP contribution >= 0.6 is 0 Å². The second kappa shape index (κ2) is 6.85. The number of benzene rings is 1. The van der Waals surface area contributed by atoms with Gasteiger partial charge in [0.15, 0.2) is 11.6 Å². The first kappa shape index (κ1) is 13.5. The molecule has 1 unspecified atom stereocenters. The van der Waals surface area contributed by atoms with Crippen molar-refractivity contribution >= 4 is 0 Å². The van der Waals surface area contributed by atoms with Gasteiger partial charge in [0, 0.05) is 18.3 Å². The lowest BCUT2D eigenvalue weighted by molar-refractivity contribution is 0.270. The minimum atomic E-state index is -0.347. The summed E-state index contributed by atoms with van der Waals surface area (Å²) in [6.07, 6.45) is 4.30. The average Bonchev–Trinajstić information content (AvgIpc) is 2.46. The molecular weight excluding hydrogens is 243 g/mol. The highest BCUT2D eigenvalue weighted by atomic mass is 19.1. The molecule has 0 saturated carbocycles. The first-order chi connectivity index (χ1) is 9.31. The molecule has 2 aromatic rings. The van der Waals surface area contributed by atoms with Crippen molar-refractivity contribution in [2.24, 2.45) is 5.73 Å². The van der Waals surface area contributed by atoms with E-state index in [2.05, 4.69) is 4.98 Å². The van der Waals surface area contributed by atoms with Crippen molar-refractivity contribution in [1.82, 2.24) is 4.98 Å². The van der Waals surface area contributed by atoms with Crippen molar-refractivity contribution in [3.05, 3.63) is 60.2 Å². The van der Waals surface area contributed by atoms with Gasteiger partial charge < -0.3 is 10.5 Å². The molecule has 2 N–H and O–H groups in total. The molecule has 0 bridgehead atoms. The lowest BCUT2D eigenvalue weighted by Crippen LogP contribution is -2.15. The molecule has 1 heterocycles. The highest BCUT2D eigenvalue weighted by Gasteiger charge is 2.13. The van der Waals surface area contributed by atoms with Crippen LogP contribution in [0.4, 0.5) is 4.39 Å². The maximum atomic E-state index is 13.5. The number of para-hydroxylation sites is 1. The Morgan fingerprint density at radius 3 is 2.74 bits per heavy atom. The minimum Gasteiger partial charge on any atom is -0.490 e. The van der Waals surface area contributed by atoms with E-state index in [1.807, 2.05) is 12.1 Å². The molecule has 0 aliphatic rings. The summed E-state index contributed by atoms with van der Waals surface area (Å²) in [6, 6.07) is 10.3. The summed E-state index contributed by atoms with van der Waals surface area (Å²) in [7, 11) is 0. The highest BCUT2D eigenvalue weighted by molar-refractivity contribution is 5.24. The van der Waals surface area contributed by atoms with Crippen molar-refractivity contribution in [2.45, 2.75) is 12.3 Å². The van der Waals surface area contributed by atoms with E-state index in [-0.39, 0.29) is 17.5 Å². The molecule has 0 aliphatic heterocycles. The Kier molecular flexibility index (Phi) is 4.86. The van der Waals surface area contributed by atoms with Crippen LogP contribution in [0.25, 0.3) is 0 Å². The van der Waals surface area contributed by atoms with Gasteiger partial charge in [-0.25, -0.2) is 4.39 Å². The van der Waals surface area contributed by atoms with Crippen LogP contribution in [0.5, 0.6) is 5.75 Å². The van der Waals surface area contributed by atoms with Gasteiger partial charge in [0.25, 0.3) is 0 Å². The van der Waals surface area contributed by atoms with Gasteiger partial charge in [0.1, 0.15) is 0 Å². The quantitative estimate of drug-likeness (QED) is 0.868. The monoisotopic (exact) mass is 260 g/mol. The van der Waals surface area contributed by atoms with Crippen molar-refractivity contribution in [1.29, 1.82) is 0 Å². The van der Waals surface area contributed by atoms with Crippen LogP contribution < -0.4 is 10.5 Å². The van der Waals surface area contributed by atoms with Crippen molar-refractivity contribution in [3.8, 4) is 5.75 Å². The van der Waals surface area contributed by atoms with E-state index in [0.717, 1.165) is 12.0 Å². The fourth-order valence-corrected chi connectivity index (χ4v) is 1.92. The zero-order valence-corrected chi connectivity index (χ0v) is 10.6. The Hall–Kier alpha value is -1.94. The van der Waals surface area contributed by atoms with Crippen molar-refractivity contribution < 1.29 is 9.13 Å². The van der Waals surface area contributed by atoms with Gasteiger partial charge >= 0.3 is 0 Å². The largest absolute Gasteiger partial charge is 0.490 e. The van der Waals surface area contributed by atoms with Crippen LogP contribution in [-0.4, -0.2) is 18.1 Å². The number of halogens is 1. The first-order valence-corrected chi connectivity index (χ1v) is 6.28. The van der Waals surface area contributed by atoms with Gasteiger partial charge in [-0.3, -0.25) is 4.98 Å². The Morgan fingerprint density at radius 1 is 1.21 bits per heavy atom. The lowest BCUT2D eigenvalue weighted by atomic mass is 9.98. The SMILES string of the molecule is NCCC(COc1ccccc1F)c1cccnc1. The molecule has 2 rings (SSSR count). The summed E-state index contributed by atoms with van der Waals surface area (Å²) in [6.45, 7) is 0.948. The Balaban J connectivity index is 2.04. The van der Waals surface area contributed by atoms with E-state index in [4.69, 9.17) is 10.5 Å². The van der Waals surface area contributed by atoms with Gasteiger partial charge in [0.05, 0.1) is 6.61 Å². The summed E-state index contributed by atoms with van der Waals surface area (Å²) in [5.41, 5.74) is 6.68. The standard InChI is InChI=1S/C15H17FN2O/c16-14-5-1-2-6-15(14)19-11-13(7-8-17)12-4-3-9-18-10-12/h1-6,9-10,13H,7-8,11,17H2. The molecule has 3 nitrogen and oxygen atoms in total. The highest BCUT2D eigenvalue weighted by Crippen LogP contribution is 2.22. The fraction of sp³-hybridized carbons (Fsp3) is 0.267. The molecule has 1 atom stereocenters. The third kappa shape index (κ3) is 3.76. The third-order valence-corrected chi connectivity index (χ3v) is 2.95. The normalized spacial score (nSPS) is 12.1. The number of rotatable bonds is 6. The number of aromatic nitrogens is 1. The van der Waals surface area contributed by atoms with Gasteiger partial charge in [0.2, 0.25) is 0 Å². The number of nitrogens with zero attached hydrogens (tertiary/aromatic N) is 1. The van der Waals surface area contributed by atoms with Gasteiger partial charge in [-0.05, 0) is 36.7 Å². The van der Waals surface area contributed by atoms with Crippen LogP contribution in [0, 0.1) is 5.82 Å². The van der Waals surface area contributed by atoms with Crippen LogP contribution in [-0.2, 0) is 0 Å². The molecule has 0 fully saturated rings. The minimum absolute atomic E-state index is 0.123. The number of nitrogens with two attached hydrogens (primary N) is 1. The van der Waals surface area contributed by atoms with E-state index in [1.165, 1.54) is 6.07 Å². The smallest absolute Gasteiger partial charge is 0.165 e. The van der Waals surface area contributed by atoms with Crippen LogP contribution in [0.15, 0.2) is 48.8 Å². The number of ether oxygens (including phenoxy) is 1. The van der Waals surface area contributed by atoms with Crippen LogP contribution in [0.2, 0.25) is 0 Å². The summed E-state index contributed by atoms with van der Waals surface area (Å²) < 4.78 is 19.0. The lowest BCUT2D eigenvalue weighted by Gasteiger charge is -2.17. The average molecular weight is 260 g/mol. The maximum Gasteiger partial charge on any atom is 0.165 e. The van der Waals surface area contributed by atoms with E-state index < -0.39 is 0 Å². The van der Waals surface area contributed by atoms with Crippen molar-refractivity contribution in [3.63, 3.8) is 0 Å².